The number of carbonyl (C=O) groups excluding carboxylic acids is 2. The lowest BCUT2D eigenvalue weighted by atomic mass is 9.82. The van der Waals surface area contributed by atoms with Gasteiger partial charge >= 0.3 is 0 Å². The summed E-state index contributed by atoms with van der Waals surface area (Å²) in [6.07, 6.45) is 10.3. The molecule has 2 saturated heterocycles. The van der Waals surface area contributed by atoms with Gasteiger partial charge in [0.15, 0.2) is 0 Å². The maximum atomic E-state index is 12.5. The average molecular weight is 337 g/mol. The van der Waals surface area contributed by atoms with E-state index in [-0.39, 0.29) is 23.3 Å². The van der Waals surface area contributed by atoms with E-state index in [1.807, 2.05) is 12.1 Å². The summed E-state index contributed by atoms with van der Waals surface area (Å²) >= 11 is 0. The molecule has 128 valence electrons. The SMILES string of the molecule is O=C1NC2(CCN(C(=O)c3cnccn3)CC2)CC1c1ccncc1. The van der Waals surface area contributed by atoms with E-state index >= 15 is 0 Å². The summed E-state index contributed by atoms with van der Waals surface area (Å²) in [6.45, 7) is 1.22. The minimum atomic E-state index is -0.218. The Hall–Kier alpha value is -2.83. The van der Waals surface area contributed by atoms with Gasteiger partial charge in [0.25, 0.3) is 5.91 Å². The molecule has 7 nitrogen and oxygen atoms in total. The molecule has 2 amide bonds. The van der Waals surface area contributed by atoms with Crippen LogP contribution in [0.2, 0.25) is 0 Å². The Morgan fingerprint density at radius 3 is 2.56 bits per heavy atom. The molecule has 0 bridgehead atoms. The number of amides is 2. The van der Waals surface area contributed by atoms with Crippen molar-refractivity contribution in [1.82, 2.24) is 25.2 Å². The second kappa shape index (κ2) is 6.23. The second-order valence-corrected chi connectivity index (χ2v) is 6.69. The fourth-order valence-electron chi connectivity index (χ4n) is 3.79. The number of hydrogen-bond donors (Lipinski definition) is 1. The molecule has 7 heteroatoms. The monoisotopic (exact) mass is 337 g/mol. The minimum Gasteiger partial charge on any atom is -0.350 e. The molecular weight excluding hydrogens is 318 g/mol. The number of hydrogen-bond acceptors (Lipinski definition) is 5. The van der Waals surface area contributed by atoms with Gasteiger partial charge in [-0.3, -0.25) is 19.6 Å². The third kappa shape index (κ3) is 2.97. The summed E-state index contributed by atoms with van der Waals surface area (Å²) in [5, 5.41) is 3.19. The molecule has 4 rings (SSSR count). The molecule has 2 aliphatic heterocycles. The summed E-state index contributed by atoms with van der Waals surface area (Å²) in [6, 6.07) is 3.80. The summed E-state index contributed by atoms with van der Waals surface area (Å²) in [5.41, 5.74) is 1.15. The second-order valence-electron chi connectivity index (χ2n) is 6.69. The van der Waals surface area contributed by atoms with Gasteiger partial charge in [0, 0.05) is 43.4 Å². The maximum Gasteiger partial charge on any atom is 0.274 e. The highest BCUT2D eigenvalue weighted by Gasteiger charge is 2.46. The normalized spacial score (nSPS) is 22.0. The van der Waals surface area contributed by atoms with Crippen LogP contribution in [0.5, 0.6) is 0 Å². The molecule has 4 heterocycles. The molecule has 1 unspecified atom stereocenters. The van der Waals surface area contributed by atoms with Gasteiger partial charge in [-0.15, -0.1) is 0 Å². The molecule has 2 aromatic heterocycles. The first kappa shape index (κ1) is 15.7. The first-order valence-electron chi connectivity index (χ1n) is 8.44. The van der Waals surface area contributed by atoms with E-state index in [2.05, 4.69) is 20.3 Å². The van der Waals surface area contributed by atoms with Gasteiger partial charge in [-0.25, -0.2) is 4.98 Å². The molecule has 0 saturated carbocycles. The molecule has 2 fully saturated rings. The average Bonchev–Trinajstić information content (AvgIpc) is 2.99. The Kier molecular flexibility index (Phi) is 3.91. The van der Waals surface area contributed by atoms with Gasteiger partial charge in [0.1, 0.15) is 5.69 Å². The Morgan fingerprint density at radius 1 is 1.12 bits per heavy atom. The fraction of sp³-hybridized carbons (Fsp3) is 0.389. The van der Waals surface area contributed by atoms with Crippen molar-refractivity contribution in [1.29, 1.82) is 0 Å². The predicted molar refractivity (Wildman–Crippen MR) is 89.6 cm³/mol. The quantitative estimate of drug-likeness (QED) is 0.888. The van der Waals surface area contributed by atoms with Crippen LogP contribution < -0.4 is 5.32 Å². The van der Waals surface area contributed by atoms with E-state index in [1.165, 1.54) is 12.4 Å². The van der Waals surface area contributed by atoms with Crippen LogP contribution in [0.1, 0.15) is 41.2 Å². The summed E-state index contributed by atoms with van der Waals surface area (Å²) in [5.74, 6) is -0.164. The molecule has 25 heavy (non-hydrogen) atoms. The lowest BCUT2D eigenvalue weighted by Crippen LogP contribution is -2.52. The number of likely N-dealkylation sites (tertiary alicyclic amines) is 1. The summed E-state index contributed by atoms with van der Waals surface area (Å²) in [4.78, 5) is 38.8. The highest BCUT2D eigenvalue weighted by atomic mass is 16.2. The largest absolute Gasteiger partial charge is 0.350 e. The van der Waals surface area contributed by atoms with Crippen LogP contribution >= 0.6 is 0 Å². The number of rotatable bonds is 2. The lowest BCUT2D eigenvalue weighted by Gasteiger charge is -2.39. The van der Waals surface area contributed by atoms with Crippen LogP contribution in [-0.4, -0.2) is 50.3 Å². The molecule has 1 spiro atoms. The van der Waals surface area contributed by atoms with Crippen LogP contribution in [0.15, 0.2) is 43.1 Å². The number of piperidine rings is 1. The van der Waals surface area contributed by atoms with Crippen molar-refractivity contribution in [2.75, 3.05) is 13.1 Å². The summed E-state index contributed by atoms with van der Waals surface area (Å²) in [7, 11) is 0. The van der Waals surface area contributed by atoms with Crippen LogP contribution in [0.25, 0.3) is 0 Å². The van der Waals surface area contributed by atoms with Crippen molar-refractivity contribution in [3.05, 3.63) is 54.4 Å². The highest BCUT2D eigenvalue weighted by Crippen LogP contribution is 2.39. The van der Waals surface area contributed by atoms with Crippen molar-refractivity contribution >= 4 is 11.8 Å². The van der Waals surface area contributed by atoms with Crippen molar-refractivity contribution in [2.45, 2.75) is 30.7 Å². The number of nitrogens with zero attached hydrogens (tertiary/aromatic N) is 4. The number of nitrogens with one attached hydrogen (secondary N) is 1. The van der Waals surface area contributed by atoms with E-state index in [9.17, 15) is 9.59 Å². The molecule has 0 aromatic carbocycles. The first-order chi connectivity index (χ1) is 12.2. The Balaban J connectivity index is 1.43. The van der Waals surface area contributed by atoms with Crippen LogP contribution in [0.3, 0.4) is 0 Å². The summed E-state index contributed by atoms with van der Waals surface area (Å²) < 4.78 is 0. The lowest BCUT2D eigenvalue weighted by molar-refractivity contribution is -0.121. The molecule has 0 aliphatic carbocycles. The van der Waals surface area contributed by atoms with Crippen LogP contribution in [0, 0.1) is 0 Å². The number of carbonyl (C=O) groups is 2. The number of aromatic nitrogens is 3. The molecular formula is C18H19N5O2. The fourth-order valence-corrected chi connectivity index (χ4v) is 3.79. The van der Waals surface area contributed by atoms with E-state index in [4.69, 9.17) is 0 Å². The van der Waals surface area contributed by atoms with Gasteiger partial charge in [-0.1, -0.05) is 0 Å². The smallest absolute Gasteiger partial charge is 0.274 e. The molecule has 2 aromatic rings. The highest BCUT2D eigenvalue weighted by molar-refractivity contribution is 5.92. The van der Waals surface area contributed by atoms with Gasteiger partial charge in [-0.05, 0) is 37.0 Å². The van der Waals surface area contributed by atoms with Gasteiger partial charge < -0.3 is 10.2 Å². The minimum absolute atomic E-state index is 0.0694. The first-order valence-corrected chi connectivity index (χ1v) is 8.44. The van der Waals surface area contributed by atoms with E-state index in [1.54, 1.807) is 23.5 Å². The van der Waals surface area contributed by atoms with E-state index in [0.29, 0.717) is 18.8 Å². The molecule has 0 radical (unpaired) electrons. The molecule has 1 N–H and O–H groups in total. The Labute approximate surface area is 145 Å². The molecule has 1 atom stereocenters. The van der Waals surface area contributed by atoms with Gasteiger partial charge in [0.05, 0.1) is 12.1 Å². The standard InChI is InChI=1S/C18H19N5O2/c24-16-14(13-1-5-19-6-2-13)11-18(22-16)3-9-23(10-4-18)17(25)15-12-20-7-8-21-15/h1-2,5-8,12,14H,3-4,9-11H2,(H,22,24). The van der Waals surface area contributed by atoms with E-state index < -0.39 is 0 Å². The van der Waals surface area contributed by atoms with Crippen molar-refractivity contribution in [3.8, 4) is 0 Å². The van der Waals surface area contributed by atoms with E-state index in [0.717, 1.165) is 24.8 Å². The zero-order chi connectivity index (χ0) is 17.3. The maximum absolute atomic E-state index is 12.5. The Bertz CT molecular complexity index is 773. The zero-order valence-electron chi connectivity index (χ0n) is 13.8. The van der Waals surface area contributed by atoms with Gasteiger partial charge in [0.2, 0.25) is 5.91 Å². The van der Waals surface area contributed by atoms with Crippen LogP contribution in [0.4, 0.5) is 0 Å². The zero-order valence-corrected chi connectivity index (χ0v) is 13.8. The van der Waals surface area contributed by atoms with Crippen molar-refractivity contribution in [3.63, 3.8) is 0 Å². The topological polar surface area (TPSA) is 88.1 Å². The van der Waals surface area contributed by atoms with Crippen molar-refractivity contribution in [2.24, 2.45) is 0 Å². The third-order valence-electron chi connectivity index (χ3n) is 5.20. The third-order valence-corrected chi connectivity index (χ3v) is 5.20. The Morgan fingerprint density at radius 2 is 1.88 bits per heavy atom. The predicted octanol–water partition coefficient (Wildman–Crippen LogP) is 1.15. The number of pyridine rings is 1. The molecule has 2 aliphatic rings. The van der Waals surface area contributed by atoms with Crippen LogP contribution in [-0.2, 0) is 4.79 Å². The van der Waals surface area contributed by atoms with Gasteiger partial charge in [-0.2, -0.15) is 0 Å². The van der Waals surface area contributed by atoms with Crippen molar-refractivity contribution < 1.29 is 9.59 Å².